The number of aliphatic carboxylic acids is 1. The number of rotatable bonds is 8. The van der Waals surface area contributed by atoms with E-state index in [-0.39, 0.29) is 19.6 Å². The first-order chi connectivity index (χ1) is 7.18. The van der Waals surface area contributed by atoms with Gasteiger partial charge in [-0.1, -0.05) is 0 Å². The molecule has 0 aliphatic heterocycles. The average molecular weight is 255 g/mol. The minimum absolute atomic E-state index is 0.244. The van der Waals surface area contributed by atoms with Crippen molar-refractivity contribution in [3.05, 3.63) is 0 Å². The molecule has 0 aromatic rings. The number of aliphatic hydroxyl groups is 1. The van der Waals surface area contributed by atoms with Gasteiger partial charge in [-0.25, -0.2) is 13.1 Å². The summed E-state index contributed by atoms with van der Waals surface area (Å²) < 4.78 is 29.0. The second-order valence-corrected chi connectivity index (χ2v) is 5.52. The summed E-state index contributed by atoms with van der Waals surface area (Å²) in [6.45, 7) is 1.48. The van der Waals surface area contributed by atoms with Crippen LogP contribution in [0.15, 0.2) is 0 Å². The lowest BCUT2D eigenvalue weighted by Gasteiger charge is -2.22. The van der Waals surface area contributed by atoms with Gasteiger partial charge in [0.25, 0.3) is 0 Å². The molecule has 8 heteroatoms. The predicted octanol–water partition coefficient (Wildman–Crippen LogP) is -1.22. The molecule has 0 saturated carbocycles. The van der Waals surface area contributed by atoms with Crippen LogP contribution in [0.2, 0.25) is 0 Å². The number of carboxylic acid groups (broad SMARTS) is 1. The van der Waals surface area contributed by atoms with E-state index in [1.807, 2.05) is 4.72 Å². The van der Waals surface area contributed by atoms with Crippen LogP contribution in [-0.2, 0) is 19.6 Å². The van der Waals surface area contributed by atoms with Crippen LogP contribution in [0, 0.1) is 0 Å². The molecular formula is C8H17NO6S. The van der Waals surface area contributed by atoms with Crippen LogP contribution in [0.5, 0.6) is 0 Å². The molecule has 3 N–H and O–H groups in total. The number of hydrogen-bond donors (Lipinski definition) is 3. The highest BCUT2D eigenvalue weighted by Crippen LogP contribution is 2.08. The van der Waals surface area contributed by atoms with E-state index in [2.05, 4.69) is 0 Å². The Morgan fingerprint density at radius 2 is 2.06 bits per heavy atom. The fraction of sp³-hybridized carbons (Fsp3) is 0.875. The number of nitrogens with one attached hydrogen (secondary N) is 1. The van der Waals surface area contributed by atoms with Crippen molar-refractivity contribution in [2.75, 3.05) is 26.0 Å². The lowest BCUT2D eigenvalue weighted by atomic mass is 10.0. The van der Waals surface area contributed by atoms with Crippen LogP contribution in [0.4, 0.5) is 0 Å². The largest absolute Gasteiger partial charge is 0.480 e. The second kappa shape index (κ2) is 6.14. The third-order valence-electron chi connectivity index (χ3n) is 1.83. The molecule has 0 heterocycles. The zero-order valence-corrected chi connectivity index (χ0v) is 10.1. The highest BCUT2D eigenvalue weighted by atomic mass is 32.2. The van der Waals surface area contributed by atoms with Gasteiger partial charge in [-0.3, -0.25) is 4.79 Å². The summed E-state index contributed by atoms with van der Waals surface area (Å²) >= 11 is 0. The monoisotopic (exact) mass is 255 g/mol. The standard InChI is InChI=1S/C8H17NO6S/c1-8(12,3-4-15-2)6-9-16(13,14)5-7(10)11/h9,12H,3-6H2,1-2H3,(H,10,11). The summed E-state index contributed by atoms with van der Waals surface area (Å²) in [5.74, 6) is -2.45. The molecule has 0 aliphatic rings. The first-order valence-electron chi connectivity index (χ1n) is 4.59. The summed E-state index contributed by atoms with van der Waals surface area (Å²) in [5.41, 5.74) is -1.26. The summed E-state index contributed by atoms with van der Waals surface area (Å²) in [6, 6.07) is 0. The van der Waals surface area contributed by atoms with Crippen molar-refractivity contribution in [3.8, 4) is 0 Å². The Balaban J connectivity index is 4.17. The Hall–Kier alpha value is -0.700. The van der Waals surface area contributed by atoms with Gasteiger partial charge in [0.1, 0.15) is 0 Å². The fourth-order valence-corrected chi connectivity index (χ4v) is 1.85. The van der Waals surface area contributed by atoms with Gasteiger partial charge in [-0.2, -0.15) is 0 Å². The van der Waals surface area contributed by atoms with E-state index in [1.54, 1.807) is 0 Å². The van der Waals surface area contributed by atoms with Crippen molar-refractivity contribution in [2.24, 2.45) is 0 Å². The van der Waals surface area contributed by atoms with Gasteiger partial charge >= 0.3 is 5.97 Å². The van der Waals surface area contributed by atoms with Crippen LogP contribution in [-0.4, -0.2) is 56.2 Å². The third-order valence-corrected chi connectivity index (χ3v) is 3.04. The smallest absolute Gasteiger partial charge is 0.320 e. The Labute approximate surface area is 94.5 Å². The lowest BCUT2D eigenvalue weighted by molar-refractivity contribution is -0.134. The van der Waals surface area contributed by atoms with Gasteiger partial charge in [0.15, 0.2) is 5.75 Å². The molecule has 0 saturated heterocycles. The van der Waals surface area contributed by atoms with Crippen LogP contribution < -0.4 is 4.72 Å². The van der Waals surface area contributed by atoms with Gasteiger partial charge in [-0.15, -0.1) is 0 Å². The molecule has 0 bridgehead atoms. The van der Waals surface area contributed by atoms with Gasteiger partial charge in [0, 0.05) is 26.7 Å². The quantitative estimate of drug-likeness (QED) is 0.501. The van der Waals surface area contributed by atoms with Crippen LogP contribution >= 0.6 is 0 Å². The van der Waals surface area contributed by atoms with E-state index in [1.165, 1.54) is 14.0 Å². The normalized spacial score (nSPS) is 15.7. The van der Waals surface area contributed by atoms with E-state index >= 15 is 0 Å². The van der Waals surface area contributed by atoms with Crippen molar-refractivity contribution < 1.29 is 28.2 Å². The van der Waals surface area contributed by atoms with Crippen molar-refractivity contribution in [2.45, 2.75) is 18.9 Å². The first kappa shape index (κ1) is 15.3. The van der Waals surface area contributed by atoms with Gasteiger partial charge in [0.2, 0.25) is 10.0 Å². The Bertz CT molecular complexity index is 323. The Morgan fingerprint density at radius 1 is 1.50 bits per heavy atom. The molecule has 16 heavy (non-hydrogen) atoms. The molecule has 0 aliphatic carbocycles. The minimum Gasteiger partial charge on any atom is -0.480 e. The molecular weight excluding hydrogens is 238 g/mol. The van der Waals surface area contributed by atoms with E-state index < -0.39 is 27.3 Å². The molecule has 1 unspecified atom stereocenters. The second-order valence-electron chi connectivity index (χ2n) is 3.71. The topological polar surface area (TPSA) is 113 Å². The van der Waals surface area contributed by atoms with E-state index in [0.29, 0.717) is 0 Å². The van der Waals surface area contributed by atoms with Crippen LogP contribution in [0.25, 0.3) is 0 Å². The number of hydrogen-bond acceptors (Lipinski definition) is 5. The molecule has 0 aromatic heterocycles. The van der Waals surface area contributed by atoms with E-state index in [4.69, 9.17) is 9.84 Å². The summed E-state index contributed by atoms with van der Waals surface area (Å²) in [5, 5.41) is 18.0. The van der Waals surface area contributed by atoms with Crippen molar-refractivity contribution >= 4 is 16.0 Å². The molecule has 0 rings (SSSR count). The zero-order valence-electron chi connectivity index (χ0n) is 9.26. The maximum atomic E-state index is 11.1. The molecule has 1 atom stereocenters. The third kappa shape index (κ3) is 7.57. The van der Waals surface area contributed by atoms with Crippen molar-refractivity contribution in [3.63, 3.8) is 0 Å². The summed E-state index contributed by atoms with van der Waals surface area (Å²) in [7, 11) is -2.43. The number of methoxy groups -OCH3 is 1. The maximum absolute atomic E-state index is 11.1. The molecule has 0 spiro atoms. The molecule has 0 aromatic carbocycles. The van der Waals surface area contributed by atoms with E-state index in [0.717, 1.165) is 0 Å². The summed E-state index contributed by atoms with van der Waals surface area (Å²) in [6.07, 6.45) is 0.249. The first-order valence-corrected chi connectivity index (χ1v) is 6.24. The number of carbonyl (C=O) groups is 1. The van der Waals surface area contributed by atoms with Gasteiger partial charge in [-0.05, 0) is 6.92 Å². The Morgan fingerprint density at radius 3 is 2.50 bits per heavy atom. The van der Waals surface area contributed by atoms with E-state index in [9.17, 15) is 18.3 Å². The molecule has 7 nitrogen and oxygen atoms in total. The lowest BCUT2D eigenvalue weighted by Crippen LogP contribution is -2.42. The van der Waals surface area contributed by atoms with Crippen molar-refractivity contribution in [1.82, 2.24) is 4.72 Å². The van der Waals surface area contributed by atoms with Gasteiger partial charge < -0.3 is 14.9 Å². The minimum atomic E-state index is -3.89. The zero-order chi connectivity index (χ0) is 12.8. The highest BCUT2D eigenvalue weighted by molar-refractivity contribution is 7.90. The highest BCUT2D eigenvalue weighted by Gasteiger charge is 2.24. The average Bonchev–Trinajstić information content (AvgIpc) is 2.10. The number of sulfonamides is 1. The SMILES string of the molecule is COCCC(C)(O)CNS(=O)(=O)CC(=O)O. The molecule has 0 fully saturated rings. The van der Waals surface area contributed by atoms with Crippen LogP contribution in [0.1, 0.15) is 13.3 Å². The fourth-order valence-electron chi connectivity index (χ4n) is 0.889. The van der Waals surface area contributed by atoms with Gasteiger partial charge in [0.05, 0.1) is 5.60 Å². The molecule has 96 valence electrons. The summed E-state index contributed by atoms with van der Waals surface area (Å²) in [4.78, 5) is 10.2. The van der Waals surface area contributed by atoms with Crippen LogP contribution in [0.3, 0.4) is 0 Å². The Kier molecular flexibility index (Phi) is 5.87. The maximum Gasteiger partial charge on any atom is 0.320 e. The number of ether oxygens (including phenoxy) is 1. The number of carboxylic acids is 1. The molecule has 0 amide bonds. The predicted molar refractivity (Wildman–Crippen MR) is 56.5 cm³/mol. The molecule has 0 radical (unpaired) electrons. The van der Waals surface area contributed by atoms with Crippen molar-refractivity contribution in [1.29, 1.82) is 0 Å².